The van der Waals surface area contributed by atoms with Gasteiger partial charge in [0.25, 0.3) is 0 Å². The third-order valence-corrected chi connectivity index (χ3v) is 15.3. The molecule has 0 bridgehead atoms. The molecule has 0 radical (unpaired) electrons. The summed E-state index contributed by atoms with van der Waals surface area (Å²) in [6.45, 7) is 3.93. The van der Waals surface area contributed by atoms with E-state index in [-0.39, 0.29) is 25.2 Å². The SMILES string of the molecule is CC/C=C\C/C=C\C/C=C\C/C=C\C/C=C\C/C=C\C/C=C\C/C=C\C/C=C\CCCCCCCCCCCCCCCC(=O)OC(CO)COC(=O)CCCCCCCCCCCCCCCCCCCC/C=C\C/C=C\C/C=C\C/C=C\CC. The van der Waals surface area contributed by atoms with Gasteiger partial charge < -0.3 is 14.6 Å². The Labute approximate surface area is 532 Å². The van der Waals surface area contributed by atoms with Crippen LogP contribution in [0.5, 0.6) is 0 Å². The van der Waals surface area contributed by atoms with Crippen LogP contribution in [0.25, 0.3) is 0 Å². The largest absolute Gasteiger partial charge is 0.462 e. The van der Waals surface area contributed by atoms with Crippen LogP contribution in [0, 0.1) is 0 Å². The summed E-state index contributed by atoms with van der Waals surface area (Å²) in [6.07, 6.45) is 114. The predicted molar refractivity (Wildman–Crippen MR) is 380 cm³/mol. The third kappa shape index (κ3) is 72.0. The molecule has 0 aromatic heterocycles. The van der Waals surface area contributed by atoms with Gasteiger partial charge in [0.05, 0.1) is 6.61 Å². The van der Waals surface area contributed by atoms with Gasteiger partial charge in [0.15, 0.2) is 6.10 Å². The average Bonchev–Trinajstić information content (AvgIpc) is 3.54. The van der Waals surface area contributed by atoms with Crippen LogP contribution < -0.4 is 0 Å². The Morgan fingerprint density at radius 1 is 0.267 bits per heavy atom. The smallest absolute Gasteiger partial charge is 0.306 e. The molecular formula is C81H134O5. The van der Waals surface area contributed by atoms with Gasteiger partial charge in [0, 0.05) is 12.8 Å². The topological polar surface area (TPSA) is 72.8 Å². The lowest BCUT2D eigenvalue weighted by Gasteiger charge is -2.15. The first kappa shape index (κ1) is 81.5. The van der Waals surface area contributed by atoms with Crippen molar-refractivity contribution >= 4 is 11.9 Å². The normalized spacial score (nSPS) is 13.2. The molecule has 0 saturated carbocycles. The van der Waals surface area contributed by atoms with Crippen molar-refractivity contribution in [2.75, 3.05) is 13.2 Å². The first-order valence-electron chi connectivity index (χ1n) is 36.0. The average molecular weight is 1190 g/mol. The molecule has 0 aliphatic heterocycles. The number of aliphatic hydroxyl groups excluding tert-OH is 1. The summed E-state index contributed by atoms with van der Waals surface area (Å²) in [7, 11) is 0. The van der Waals surface area contributed by atoms with Gasteiger partial charge in [-0.3, -0.25) is 9.59 Å². The highest BCUT2D eigenvalue weighted by Gasteiger charge is 2.16. The van der Waals surface area contributed by atoms with Crippen LogP contribution in [0.3, 0.4) is 0 Å². The summed E-state index contributed by atoms with van der Waals surface area (Å²) >= 11 is 0. The summed E-state index contributed by atoms with van der Waals surface area (Å²) in [5, 5.41) is 9.71. The Balaban J connectivity index is 3.50. The zero-order valence-corrected chi connectivity index (χ0v) is 56.0. The lowest BCUT2D eigenvalue weighted by atomic mass is 10.0. The molecule has 0 amide bonds. The maximum absolute atomic E-state index is 12.4. The van der Waals surface area contributed by atoms with E-state index in [1.54, 1.807) is 0 Å². The number of carbonyl (C=O) groups is 2. The van der Waals surface area contributed by atoms with Crippen molar-refractivity contribution in [1.82, 2.24) is 0 Å². The van der Waals surface area contributed by atoms with E-state index in [1.165, 1.54) is 173 Å². The maximum atomic E-state index is 12.4. The fraction of sp³-hybridized carbons (Fsp3) is 0.654. The van der Waals surface area contributed by atoms with Gasteiger partial charge in [0.2, 0.25) is 0 Å². The van der Waals surface area contributed by atoms with Crippen LogP contribution >= 0.6 is 0 Å². The second-order valence-corrected chi connectivity index (χ2v) is 23.6. The Hall–Kier alpha value is -4.48. The molecule has 0 spiro atoms. The van der Waals surface area contributed by atoms with E-state index in [1.807, 2.05) is 0 Å². The zero-order valence-electron chi connectivity index (χ0n) is 56.0. The highest BCUT2D eigenvalue weighted by molar-refractivity contribution is 5.70. The highest BCUT2D eigenvalue weighted by atomic mass is 16.6. The molecule has 1 atom stereocenters. The molecule has 1 unspecified atom stereocenters. The van der Waals surface area contributed by atoms with Gasteiger partial charge in [-0.15, -0.1) is 0 Å². The standard InChI is InChI=1S/C81H134O5/c1-3-5-7-9-11-13-15-17-19-21-23-25-27-29-31-33-35-36-37-38-39-40-41-42-43-44-46-48-50-52-54-56-58-60-62-64-66-68-70-72-74-76-81(84)86-79(77-82)78-85-80(83)75-73-71-69-67-65-63-61-59-57-55-53-51-49-47-45-34-32-30-28-26-24-22-20-18-16-14-12-10-8-6-4-2/h5-8,11-14,17-20,23-26,29,31,35-36,38-39,41-42,44,46,79,82H,3-4,9-10,15-16,21-22,27-28,30,32-34,37,40,43,45,47-78H2,1-2H3/b7-5-,8-6-,13-11-,14-12-,19-17-,20-18-,25-23-,26-24-,31-29-,36-35-,39-38-,42-41-,46-44-. The van der Waals surface area contributed by atoms with E-state index in [0.717, 1.165) is 122 Å². The molecule has 5 nitrogen and oxygen atoms in total. The lowest BCUT2D eigenvalue weighted by molar-refractivity contribution is -0.161. The fourth-order valence-corrected chi connectivity index (χ4v) is 10.0. The molecular weight excluding hydrogens is 1050 g/mol. The van der Waals surface area contributed by atoms with Crippen molar-refractivity contribution in [2.24, 2.45) is 0 Å². The van der Waals surface area contributed by atoms with Gasteiger partial charge in [-0.2, -0.15) is 0 Å². The van der Waals surface area contributed by atoms with Gasteiger partial charge in [-0.05, 0) is 122 Å². The number of ether oxygens (including phenoxy) is 2. The molecule has 0 aliphatic rings. The van der Waals surface area contributed by atoms with Crippen molar-refractivity contribution in [3.8, 4) is 0 Å². The minimum atomic E-state index is -0.782. The van der Waals surface area contributed by atoms with E-state index in [2.05, 4.69) is 172 Å². The van der Waals surface area contributed by atoms with Crippen molar-refractivity contribution in [1.29, 1.82) is 0 Å². The number of hydrogen-bond donors (Lipinski definition) is 1. The highest BCUT2D eigenvalue weighted by Crippen LogP contribution is 2.17. The summed E-state index contributed by atoms with van der Waals surface area (Å²) in [5.41, 5.74) is 0. The Morgan fingerprint density at radius 2 is 0.465 bits per heavy atom. The van der Waals surface area contributed by atoms with Crippen LogP contribution in [0.2, 0.25) is 0 Å². The summed E-state index contributed by atoms with van der Waals surface area (Å²) in [6, 6.07) is 0. The number of hydrogen-bond acceptors (Lipinski definition) is 5. The van der Waals surface area contributed by atoms with Crippen molar-refractivity contribution < 1.29 is 24.2 Å². The number of esters is 2. The third-order valence-electron chi connectivity index (χ3n) is 15.3. The monoisotopic (exact) mass is 1190 g/mol. The molecule has 5 heteroatoms. The minimum absolute atomic E-state index is 0.0703. The van der Waals surface area contributed by atoms with Crippen molar-refractivity contribution in [3.63, 3.8) is 0 Å². The molecule has 0 aromatic carbocycles. The molecule has 0 aliphatic carbocycles. The van der Waals surface area contributed by atoms with Crippen LogP contribution in [0.1, 0.15) is 322 Å². The molecule has 0 aromatic rings. The van der Waals surface area contributed by atoms with Crippen LogP contribution in [0.4, 0.5) is 0 Å². The fourth-order valence-electron chi connectivity index (χ4n) is 10.0. The Kier molecular flexibility index (Phi) is 70.9. The summed E-state index contributed by atoms with van der Waals surface area (Å²) in [4.78, 5) is 24.7. The number of unbranched alkanes of at least 4 members (excludes halogenated alkanes) is 31. The van der Waals surface area contributed by atoms with Crippen molar-refractivity contribution in [3.05, 3.63) is 158 Å². The predicted octanol–water partition coefficient (Wildman–Crippen LogP) is 25.4. The maximum Gasteiger partial charge on any atom is 0.306 e. The van der Waals surface area contributed by atoms with E-state index < -0.39 is 6.10 Å². The number of aliphatic hydroxyl groups is 1. The molecule has 0 fully saturated rings. The molecule has 0 heterocycles. The first-order chi connectivity index (χ1) is 42.6. The summed E-state index contributed by atoms with van der Waals surface area (Å²) < 4.78 is 10.8. The Bertz CT molecular complexity index is 1830. The second-order valence-electron chi connectivity index (χ2n) is 23.6. The molecule has 86 heavy (non-hydrogen) atoms. The van der Waals surface area contributed by atoms with E-state index >= 15 is 0 Å². The van der Waals surface area contributed by atoms with E-state index in [9.17, 15) is 14.7 Å². The second kappa shape index (κ2) is 74.8. The number of allylic oxidation sites excluding steroid dienone is 26. The van der Waals surface area contributed by atoms with Gasteiger partial charge in [-0.25, -0.2) is 0 Å². The number of carbonyl (C=O) groups excluding carboxylic acids is 2. The molecule has 1 N–H and O–H groups in total. The first-order valence-corrected chi connectivity index (χ1v) is 36.0. The van der Waals surface area contributed by atoms with E-state index in [4.69, 9.17) is 9.47 Å². The van der Waals surface area contributed by atoms with Crippen molar-refractivity contribution in [2.45, 2.75) is 328 Å². The zero-order chi connectivity index (χ0) is 61.9. The Morgan fingerprint density at radius 3 is 0.698 bits per heavy atom. The molecule has 0 rings (SSSR count). The number of rotatable bonds is 65. The summed E-state index contributed by atoms with van der Waals surface area (Å²) in [5.74, 6) is -0.587. The minimum Gasteiger partial charge on any atom is -0.462 e. The van der Waals surface area contributed by atoms with Crippen LogP contribution in [-0.4, -0.2) is 36.4 Å². The molecule has 0 saturated heterocycles. The van der Waals surface area contributed by atoms with Gasteiger partial charge in [-0.1, -0.05) is 345 Å². The lowest BCUT2D eigenvalue weighted by Crippen LogP contribution is -2.28. The van der Waals surface area contributed by atoms with E-state index in [0.29, 0.717) is 12.8 Å². The van der Waals surface area contributed by atoms with Gasteiger partial charge >= 0.3 is 11.9 Å². The van der Waals surface area contributed by atoms with Crippen LogP contribution in [0.15, 0.2) is 158 Å². The molecule has 488 valence electrons. The van der Waals surface area contributed by atoms with Crippen LogP contribution in [-0.2, 0) is 19.1 Å². The van der Waals surface area contributed by atoms with Gasteiger partial charge in [0.1, 0.15) is 6.61 Å². The quantitative estimate of drug-likeness (QED) is 0.0373.